The molecule has 62 valence electrons. The van der Waals surface area contributed by atoms with E-state index in [1.54, 1.807) is 11.8 Å². The van der Waals surface area contributed by atoms with Gasteiger partial charge in [-0.3, -0.25) is 4.68 Å². The smallest absolute Gasteiger partial charge is 0.118 e. The third-order valence-electron chi connectivity index (χ3n) is 1.60. The molecule has 1 heterocycles. The van der Waals surface area contributed by atoms with Gasteiger partial charge in [0.2, 0.25) is 0 Å². The van der Waals surface area contributed by atoms with Crippen LogP contribution in [0.1, 0.15) is 25.6 Å². The minimum absolute atomic E-state index is 0.468. The quantitative estimate of drug-likeness (QED) is 0.635. The summed E-state index contributed by atoms with van der Waals surface area (Å²) in [5.74, 6) is 0. The minimum Gasteiger partial charge on any atom is -0.266 e. The molecule has 2 nitrogen and oxygen atoms in total. The lowest BCUT2D eigenvalue weighted by atomic mass is 10.4. The topological polar surface area (TPSA) is 17.8 Å². The second-order valence-corrected chi connectivity index (χ2v) is 3.69. The maximum Gasteiger partial charge on any atom is 0.118 e. The van der Waals surface area contributed by atoms with Gasteiger partial charge in [0.05, 0.1) is 0 Å². The molecular weight excluding hydrogens is 156 g/mol. The average Bonchev–Trinajstić information content (AvgIpc) is 2.30. The van der Waals surface area contributed by atoms with Gasteiger partial charge in [-0.1, -0.05) is 0 Å². The lowest BCUT2D eigenvalue weighted by Gasteiger charge is -2.06. The van der Waals surface area contributed by atoms with Gasteiger partial charge in [-0.15, -0.1) is 11.8 Å². The van der Waals surface area contributed by atoms with E-state index in [1.807, 2.05) is 10.9 Å². The molecule has 0 aliphatic rings. The number of aryl methyl sites for hydroxylation is 1. The summed E-state index contributed by atoms with van der Waals surface area (Å²) in [6.45, 7) is 6.38. The van der Waals surface area contributed by atoms with Crippen molar-refractivity contribution >= 4 is 11.8 Å². The van der Waals surface area contributed by atoms with Gasteiger partial charge in [0.1, 0.15) is 5.03 Å². The normalized spacial score (nSPS) is 11.0. The van der Waals surface area contributed by atoms with E-state index in [4.69, 9.17) is 0 Å². The predicted octanol–water partition coefficient (Wildman–Crippen LogP) is 2.49. The molecule has 0 aliphatic carbocycles. The highest BCUT2D eigenvalue weighted by Crippen LogP contribution is 2.16. The molecule has 3 heteroatoms. The first-order chi connectivity index (χ1) is 5.15. The maximum absolute atomic E-state index is 4.41. The van der Waals surface area contributed by atoms with Gasteiger partial charge in [0.25, 0.3) is 0 Å². The van der Waals surface area contributed by atoms with Gasteiger partial charge in [-0.05, 0) is 33.1 Å². The standard InChI is InChI=1S/C8H14N2S/c1-6(2)10-7(3)5-8(9-10)11-4/h5-6H,1-4H3. The van der Waals surface area contributed by atoms with E-state index in [2.05, 4.69) is 31.9 Å². The highest BCUT2D eigenvalue weighted by atomic mass is 32.2. The fourth-order valence-corrected chi connectivity index (χ4v) is 1.54. The Kier molecular flexibility index (Phi) is 2.60. The van der Waals surface area contributed by atoms with Crippen LogP contribution in [0.2, 0.25) is 0 Å². The Labute approximate surface area is 72.0 Å². The van der Waals surface area contributed by atoms with Crippen LogP contribution in [-0.2, 0) is 0 Å². The van der Waals surface area contributed by atoms with Gasteiger partial charge in [-0.25, -0.2) is 0 Å². The van der Waals surface area contributed by atoms with Gasteiger partial charge in [0, 0.05) is 11.7 Å². The first kappa shape index (κ1) is 8.65. The van der Waals surface area contributed by atoms with Crippen molar-refractivity contribution in [2.45, 2.75) is 31.8 Å². The Morgan fingerprint density at radius 2 is 2.18 bits per heavy atom. The summed E-state index contributed by atoms with van der Waals surface area (Å²) >= 11 is 1.69. The number of thioether (sulfide) groups is 1. The molecule has 0 saturated heterocycles. The third kappa shape index (κ3) is 1.77. The van der Waals surface area contributed by atoms with Crippen molar-refractivity contribution in [3.63, 3.8) is 0 Å². The van der Waals surface area contributed by atoms with Gasteiger partial charge >= 0.3 is 0 Å². The van der Waals surface area contributed by atoms with Crippen molar-refractivity contribution in [1.29, 1.82) is 0 Å². The molecule has 0 fully saturated rings. The molecule has 11 heavy (non-hydrogen) atoms. The summed E-state index contributed by atoms with van der Waals surface area (Å²) < 4.78 is 2.05. The van der Waals surface area contributed by atoms with Crippen LogP contribution in [0.15, 0.2) is 11.1 Å². The molecule has 1 aromatic rings. The number of rotatable bonds is 2. The van der Waals surface area contributed by atoms with Crippen molar-refractivity contribution in [1.82, 2.24) is 9.78 Å². The zero-order valence-corrected chi connectivity index (χ0v) is 8.27. The zero-order valence-electron chi connectivity index (χ0n) is 7.46. The lowest BCUT2D eigenvalue weighted by molar-refractivity contribution is 0.510. The Balaban J connectivity index is 2.97. The fraction of sp³-hybridized carbons (Fsp3) is 0.625. The molecule has 0 spiro atoms. The molecule has 0 amide bonds. The molecule has 0 aromatic carbocycles. The largest absolute Gasteiger partial charge is 0.266 e. The first-order valence-electron chi connectivity index (χ1n) is 3.75. The minimum atomic E-state index is 0.468. The zero-order chi connectivity index (χ0) is 8.43. The molecule has 0 atom stereocenters. The fourth-order valence-electron chi connectivity index (χ4n) is 1.08. The van der Waals surface area contributed by atoms with E-state index in [9.17, 15) is 0 Å². The van der Waals surface area contributed by atoms with Crippen LogP contribution >= 0.6 is 11.8 Å². The summed E-state index contributed by atoms with van der Waals surface area (Å²) in [4.78, 5) is 0. The van der Waals surface area contributed by atoms with Crippen molar-refractivity contribution in [2.75, 3.05) is 6.26 Å². The molecule has 0 N–H and O–H groups in total. The van der Waals surface area contributed by atoms with Crippen molar-refractivity contribution < 1.29 is 0 Å². The molecule has 0 bridgehead atoms. The molecule has 0 radical (unpaired) electrons. The van der Waals surface area contributed by atoms with Crippen molar-refractivity contribution in [3.8, 4) is 0 Å². The van der Waals surface area contributed by atoms with E-state index >= 15 is 0 Å². The van der Waals surface area contributed by atoms with Gasteiger partial charge < -0.3 is 0 Å². The van der Waals surface area contributed by atoms with E-state index in [0.29, 0.717) is 6.04 Å². The van der Waals surface area contributed by atoms with Crippen molar-refractivity contribution in [3.05, 3.63) is 11.8 Å². The third-order valence-corrected chi connectivity index (χ3v) is 2.22. The van der Waals surface area contributed by atoms with E-state index in [-0.39, 0.29) is 0 Å². The van der Waals surface area contributed by atoms with Gasteiger partial charge in [0.15, 0.2) is 0 Å². The van der Waals surface area contributed by atoms with E-state index in [1.165, 1.54) is 5.69 Å². The summed E-state index contributed by atoms with van der Waals surface area (Å²) in [6, 6.07) is 2.58. The Bertz CT molecular complexity index is 240. The molecule has 0 saturated carbocycles. The Morgan fingerprint density at radius 1 is 1.55 bits per heavy atom. The number of aromatic nitrogens is 2. The molecule has 0 unspecified atom stereocenters. The number of hydrogen-bond donors (Lipinski definition) is 0. The van der Waals surface area contributed by atoms with Crippen LogP contribution in [0.5, 0.6) is 0 Å². The molecular formula is C8H14N2S. The van der Waals surface area contributed by atoms with Crippen LogP contribution in [0.4, 0.5) is 0 Å². The first-order valence-corrected chi connectivity index (χ1v) is 4.97. The highest BCUT2D eigenvalue weighted by Gasteiger charge is 2.04. The van der Waals surface area contributed by atoms with Crippen LogP contribution in [0.3, 0.4) is 0 Å². The van der Waals surface area contributed by atoms with E-state index < -0.39 is 0 Å². The maximum atomic E-state index is 4.41. The second kappa shape index (κ2) is 3.30. The number of hydrogen-bond acceptors (Lipinski definition) is 2. The summed E-state index contributed by atoms with van der Waals surface area (Å²) in [5.41, 5.74) is 1.24. The number of nitrogens with zero attached hydrogens (tertiary/aromatic N) is 2. The predicted molar refractivity (Wildman–Crippen MR) is 49.1 cm³/mol. The summed E-state index contributed by atoms with van der Waals surface area (Å²) in [5, 5.41) is 5.52. The van der Waals surface area contributed by atoms with Crippen molar-refractivity contribution in [2.24, 2.45) is 0 Å². The lowest BCUT2D eigenvalue weighted by Crippen LogP contribution is -2.04. The summed E-state index contributed by atoms with van der Waals surface area (Å²) in [7, 11) is 0. The Hall–Kier alpha value is -0.440. The van der Waals surface area contributed by atoms with Gasteiger partial charge in [-0.2, -0.15) is 5.10 Å². The molecule has 1 aromatic heterocycles. The monoisotopic (exact) mass is 170 g/mol. The average molecular weight is 170 g/mol. The second-order valence-electron chi connectivity index (χ2n) is 2.87. The SMILES string of the molecule is CSc1cc(C)n(C(C)C)n1. The Morgan fingerprint density at radius 3 is 2.45 bits per heavy atom. The van der Waals surface area contributed by atoms with Crippen LogP contribution < -0.4 is 0 Å². The summed E-state index contributed by atoms with van der Waals surface area (Å²) in [6.07, 6.45) is 2.05. The highest BCUT2D eigenvalue weighted by molar-refractivity contribution is 7.98. The van der Waals surface area contributed by atoms with Crippen LogP contribution in [-0.4, -0.2) is 16.0 Å². The van der Waals surface area contributed by atoms with Crippen LogP contribution in [0.25, 0.3) is 0 Å². The molecule has 1 rings (SSSR count). The molecule has 0 aliphatic heterocycles. The van der Waals surface area contributed by atoms with Crippen LogP contribution in [0, 0.1) is 6.92 Å². The van der Waals surface area contributed by atoms with E-state index in [0.717, 1.165) is 5.03 Å².